The lowest BCUT2D eigenvalue weighted by Gasteiger charge is -2.06. The summed E-state index contributed by atoms with van der Waals surface area (Å²) in [7, 11) is -3.72. The predicted molar refractivity (Wildman–Crippen MR) is 79.7 cm³/mol. The zero-order valence-electron chi connectivity index (χ0n) is 11.2. The Morgan fingerprint density at radius 1 is 1.33 bits per heavy atom. The van der Waals surface area contributed by atoms with Crippen LogP contribution >= 0.6 is 11.3 Å². The number of aromatic hydroxyl groups is 1. The molecule has 0 atom stereocenters. The SMILES string of the molecule is Cc1ccc(O)c(C(=O)NCc2ccc(S(N)(=O)=O)s2)c1. The van der Waals surface area contributed by atoms with Gasteiger partial charge in [-0.1, -0.05) is 11.6 Å². The summed E-state index contributed by atoms with van der Waals surface area (Å²) in [6.45, 7) is 1.97. The molecule has 1 heterocycles. The number of hydrogen-bond donors (Lipinski definition) is 3. The molecule has 0 bridgehead atoms. The van der Waals surface area contributed by atoms with Crippen LogP contribution in [-0.2, 0) is 16.6 Å². The number of nitrogens with two attached hydrogens (primary N) is 1. The van der Waals surface area contributed by atoms with E-state index in [1.165, 1.54) is 12.1 Å². The van der Waals surface area contributed by atoms with Gasteiger partial charge in [0.05, 0.1) is 12.1 Å². The predicted octanol–water partition coefficient (Wildman–Crippen LogP) is 1.34. The van der Waals surface area contributed by atoms with Crippen LogP contribution in [0.25, 0.3) is 0 Å². The topological polar surface area (TPSA) is 109 Å². The number of primary sulfonamides is 1. The summed E-state index contributed by atoms with van der Waals surface area (Å²) in [6, 6.07) is 7.71. The molecule has 4 N–H and O–H groups in total. The molecule has 2 aromatic rings. The van der Waals surface area contributed by atoms with Crippen LogP contribution in [0.1, 0.15) is 20.8 Å². The molecule has 0 aliphatic rings. The molecule has 1 amide bonds. The van der Waals surface area contributed by atoms with Crippen molar-refractivity contribution in [1.29, 1.82) is 0 Å². The molecule has 0 unspecified atom stereocenters. The number of hydrogen-bond acceptors (Lipinski definition) is 5. The van der Waals surface area contributed by atoms with E-state index >= 15 is 0 Å². The summed E-state index contributed by atoms with van der Waals surface area (Å²) < 4.78 is 22.4. The second kappa shape index (κ2) is 5.84. The molecule has 21 heavy (non-hydrogen) atoms. The van der Waals surface area contributed by atoms with Gasteiger partial charge in [0.2, 0.25) is 10.0 Å². The molecule has 8 heteroatoms. The largest absolute Gasteiger partial charge is 0.507 e. The highest BCUT2D eigenvalue weighted by atomic mass is 32.2. The minimum atomic E-state index is -3.72. The molecule has 2 rings (SSSR count). The van der Waals surface area contributed by atoms with Crippen LogP contribution in [-0.4, -0.2) is 19.4 Å². The fourth-order valence-corrected chi connectivity index (χ4v) is 3.42. The molecular weight excluding hydrogens is 312 g/mol. The second-order valence-electron chi connectivity index (χ2n) is 4.47. The number of rotatable bonds is 4. The van der Waals surface area contributed by atoms with Gasteiger partial charge >= 0.3 is 0 Å². The van der Waals surface area contributed by atoms with E-state index in [1.54, 1.807) is 18.2 Å². The number of amides is 1. The first-order valence-electron chi connectivity index (χ1n) is 5.96. The Kier molecular flexibility index (Phi) is 4.31. The van der Waals surface area contributed by atoms with Crippen LogP contribution in [0.2, 0.25) is 0 Å². The van der Waals surface area contributed by atoms with Crippen molar-refractivity contribution in [3.63, 3.8) is 0 Å². The van der Waals surface area contributed by atoms with E-state index in [0.717, 1.165) is 16.9 Å². The van der Waals surface area contributed by atoms with E-state index in [1.807, 2.05) is 6.92 Å². The third-order valence-corrected chi connectivity index (χ3v) is 5.26. The van der Waals surface area contributed by atoms with Crippen molar-refractivity contribution in [2.75, 3.05) is 0 Å². The van der Waals surface area contributed by atoms with Gasteiger partial charge in [0.25, 0.3) is 5.91 Å². The number of phenols is 1. The van der Waals surface area contributed by atoms with Gasteiger partial charge in [0.1, 0.15) is 9.96 Å². The van der Waals surface area contributed by atoms with Crippen LogP contribution in [0.15, 0.2) is 34.5 Å². The number of nitrogens with one attached hydrogen (secondary N) is 1. The normalized spacial score (nSPS) is 11.3. The zero-order valence-corrected chi connectivity index (χ0v) is 12.8. The minimum Gasteiger partial charge on any atom is -0.507 e. The first-order valence-corrected chi connectivity index (χ1v) is 8.33. The lowest BCUT2D eigenvalue weighted by atomic mass is 10.1. The van der Waals surface area contributed by atoms with Gasteiger partial charge in [-0.3, -0.25) is 4.79 Å². The average molecular weight is 326 g/mol. The van der Waals surface area contributed by atoms with Gasteiger partial charge < -0.3 is 10.4 Å². The first kappa shape index (κ1) is 15.5. The number of benzene rings is 1. The third-order valence-electron chi connectivity index (χ3n) is 2.74. The van der Waals surface area contributed by atoms with E-state index < -0.39 is 15.9 Å². The van der Waals surface area contributed by atoms with Gasteiger partial charge in [0, 0.05) is 4.88 Å². The van der Waals surface area contributed by atoms with Crippen LogP contribution in [0, 0.1) is 6.92 Å². The van der Waals surface area contributed by atoms with E-state index in [-0.39, 0.29) is 22.1 Å². The highest BCUT2D eigenvalue weighted by molar-refractivity contribution is 7.91. The Hall–Kier alpha value is -1.90. The Morgan fingerprint density at radius 3 is 2.67 bits per heavy atom. The van der Waals surface area contributed by atoms with Gasteiger partial charge in [-0.15, -0.1) is 11.3 Å². The number of thiophene rings is 1. The summed E-state index contributed by atoms with van der Waals surface area (Å²) in [4.78, 5) is 12.6. The molecule has 0 aliphatic carbocycles. The standard InChI is InChI=1S/C13H14N2O4S2/c1-8-2-4-11(16)10(6-8)13(17)15-7-9-3-5-12(20-9)21(14,18)19/h2-6,16H,7H2,1H3,(H,15,17)(H2,14,18,19). The summed E-state index contributed by atoms with van der Waals surface area (Å²) >= 11 is 0.994. The van der Waals surface area contributed by atoms with Crippen LogP contribution in [0.4, 0.5) is 0 Å². The molecule has 6 nitrogen and oxygen atoms in total. The highest BCUT2D eigenvalue weighted by Gasteiger charge is 2.14. The van der Waals surface area contributed by atoms with E-state index in [4.69, 9.17) is 5.14 Å². The van der Waals surface area contributed by atoms with Crippen molar-refractivity contribution in [1.82, 2.24) is 5.32 Å². The monoisotopic (exact) mass is 326 g/mol. The second-order valence-corrected chi connectivity index (χ2v) is 7.43. The Bertz CT molecular complexity index is 781. The molecule has 0 fully saturated rings. The molecule has 1 aromatic heterocycles. The summed E-state index contributed by atoms with van der Waals surface area (Å²) in [5, 5.41) is 17.3. The molecule has 1 aromatic carbocycles. The van der Waals surface area contributed by atoms with E-state index in [9.17, 15) is 18.3 Å². The van der Waals surface area contributed by atoms with Crippen LogP contribution in [0.3, 0.4) is 0 Å². The van der Waals surface area contributed by atoms with Crippen molar-refractivity contribution < 1.29 is 18.3 Å². The molecule has 112 valence electrons. The smallest absolute Gasteiger partial charge is 0.255 e. The summed E-state index contributed by atoms with van der Waals surface area (Å²) in [5.41, 5.74) is 1.03. The number of phenolic OH excluding ortho intramolecular Hbond substituents is 1. The molecule has 0 saturated carbocycles. The van der Waals surface area contributed by atoms with E-state index in [0.29, 0.717) is 4.88 Å². The number of sulfonamides is 1. The van der Waals surface area contributed by atoms with Crippen molar-refractivity contribution >= 4 is 27.3 Å². The Balaban J connectivity index is 2.08. The molecule has 0 radical (unpaired) electrons. The van der Waals surface area contributed by atoms with Crippen molar-refractivity contribution in [3.8, 4) is 5.75 Å². The number of carbonyl (C=O) groups excluding carboxylic acids is 1. The Labute approximate surface area is 126 Å². The minimum absolute atomic E-state index is 0.0464. The summed E-state index contributed by atoms with van der Waals surface area (Å²) in [5.74, 6) is -0.531. The first-order chi connectivity index (χ1) is 9.77. The third kappa shape index (κ3) is 3.81. The van der Waals surface area contributed by atoms with Gasteiger partial charge in [-0.25, -0.2) is 13.6 Å². The highest BCUT2D eigenvalue weighted by Crippen LogP contribution is 2.21. The summed E-state index contributed by atoms with van der Waals surface area (Å²) in [6.07, 6.45) is 0. The van der Waals surface area contributed by atoms with Crippen molar-refractivity contribution in [2.24, 2.45) is 5.14 Å². The fourth-order valence-electron chi connectivity index (χ4n) is 1.70. The van der Waals surface area contributed by atoms with Crippen LogP contribution < -0.4 is 10.5 Å². The maximum absolute atomic E-state index is 12.0. The van der Waals surface area contributed by atoms with Crippen molar-refractivity contribution in [3.05, 3.63) is 46.3 Å². The van der Waals surface area contributed by atoms with Gasteiger partial charge in [-0.05, 0) is 31.2 Å². The number of carbonyl (C=O) groups is 1. The molecule has 0 saturated heterocycles. The molecule has 0 aliphatic heterocycles. The zero-order chi connectivity index (χ0) is 15.6. The maximum Gasteiger partial charge on any atom is 0.255 e. The average Bonchev–Trinajstić information content (AvgIpc) is 2.87. The van der Waals surface area contributed by atoms with E-state index in [2.05, 4.69) is 5.32 Å². The quantitative estimate of drug-likeness (QED) is 0.787. The van der Waals surface area contributed by atoms with Gasteiger partial charge in [0.15, 0.2) is 0 Å². The van der Waals surface area contributed by atoms with Crippen molar-refractivity contribution in [2.45, 2.75) is 17.7 Å². The lowest BCUT2D eigenvalue weighted by molar-refractivity contribution is 0.0948. The van der Waals surface area contributed by atoms with Crippen LogP contribution in [0.5, 0.6) is 5.75 Å². The molecule has 0 spiro atoms. The fraction of sp³-hybridized carbons (Fsp3) is 0.154. The number of aryl methyl sites for hydroxylation is 1. The lowest BCUT2D eigenvalue weighted by Crippen LogP contribution is -2.22. The van der Waals surface area contributed by atoms with Gasteiger partial charge in [-0.2, -0.15) is 0 Å². The molecular formula is C13H14N2O4S2. The Morgan fingerprint density at radius 2 is 2.05 bits per heavy atom. The maximum atomic E-state index is 12.0.